The number of benzene rings is 3. The fraction of sp³-hybridized carbons (Fsp3) is 0.174. The van der Waals surface area contributed by atoms with Gasteiger partial charge in [0.2, 0.25) is 0 Å². The van der Waals surface area contributed by atoms with Crippen LogP contribution in [-0.4, -0.2) is 7.11 Å². The number of rotatable bonds is 4. The average Bonchev–Trinajstić information content (AvgIpc) is 2.71. The molecule has 4 aromatic rings. The lowest BCUT2D eigenvalue weighted by Crippen LogP contribution is -2.05. The summed E-state index contributed by atoms with van der Waals surface area (Å²) in [6.07, 6.45) is -0.112. The van der Waals surface area contributed by atoms with E-state index in [2.05, 4.69) is 0 Å². The Kier molecular flexibility index (Phi) is 4.32. The van der Waals surface area contributed by atoms with Gasteiger partial charge in [-0.2, -0.15) is 0 Å². The molecule has 0 amide bonds. The topological polar surface area (TPSA) is 48.7 Å². The highest BCUT2D eigenvalue weighted by Gasteiger charge is 2.15. The monoisotopic (exact) mass is 360 g/mol. The van der Waals surface area contributed by atoms with Gasteiger partial charge in [0.25, 0.3) is 0 Å². The molecule has 1 aromatic heterocycles. The summed E-state index contributed by atoms with van der Waals surface area (Å²) >= 11 is 0. The highest BCUT2D eigenvalue weighted by Crippen LogP contribution is 2.33. The second-order valence-electron chi connectivity index (χ2n) is 6.54. The van der Waals surface area contributed by atoms with Crippen molar-refractivity contribution in [2.45, 2.75) is 20.0 Å². The van der Waals surface area contributed by atoms with E-state index in [4.69, 9.17) is 13.9 Å². The van der Waals surface area contributed by atoms with Gasteiger partial charge in [0.1, 0.15) is 23.2 Å². The standard InChI is InChI=1S/C23H20O4/c1-14-21(26-15(2)16-7-5-4-6-8-16)12-11-19-18-10-9-17(25-3)13-20(18)23(24)27-22(14)19/h4-13,15H,1-3H3. The minimum atomic E-state index is -0.382. The van der Waals surface area contributed by atoms with Crippen LogP contribution in [0.3, 0.4) is 0 Å². The molecule has 0 saturated carbocycles. The Hall–Kier alpha value is -3.27. The van der Waals surface area contributed by atoms with Crippen molar-refractivity contribution in [1.29, 1.82) is 0 Å². The normalized spacial score (nSPS) is 12.3. The Morgan fingerprint density at radius 2 is 1.67 bits per heavy atom. The van der Waals surface area contributed by atoms with Gasteiger partial charge in [0, 0.05) is 16.3 Å². The Balaban J connectivity index is 1.82. The van der Waals surface area contributed by atoms with Crippen molar-refractivity contribution >= 4 is 21.7 Å². The Labute approximate surface area is 157 Å². The summed E-state index contributed by atoms with van der Waals surface area (Å²) in [5.74, 6) is 1.33. The van der Waals surface area contributed by atoms with E-state index in [1.807, 2.05) is 68.4 Å². The summed E-state index contributed by atoms with van der Waals surface area (Å²) in [5.41, 5.74) is 2.07. The molecule has 0 aliphatic rings. The lowest BCUT2D eigenvalue weighted by molar-refractivity contribution is 0.225. The van der Waals surface area contributed by atoms with E-state index < -0.39 is 0 Å². The summed E-state index contributed by atoms with van der Waals surface area (Å²) in [6, 6.07) is 19.3. The molecule has 1 atom stereocenters. The number of fused-ring (bicyclic) bond motifs is 3. The second-order valence-corrected chi connectivity index (χ2v) is 6.54. The molecule has 0 spiro atoms. The molecule has 1 unspecified atom stereocenters. The first-order valence-electron chi connectivity index (χ1n) is 8.84. The van der Waals surface area contributed by atoms with E-state index in [0.29, 0.717) is 22.5 Å². The third-order valence-corrected chi connectivity index (χ3v) is 4.86. The summed E-state index contributed by atoms with van der Waals surface area (Å²) in [5, 5.41) is 2.23. The quantitative estimate of drug-likeness (QED) is 0.361. The van der Waals surface area contributed by atoms with Crippen molar-refractivity contribution in [2.24, 2.45) is 0 Å². The maximum absolute atomic E-state index is 12.5. The van der Waals surface area contributed by atoms with Crippen LogP contribution >= 0.6 is 0 Å². The van der Waals surface area contributed by atoms with Crippen molar-refractivity contribution in [3.05, 3.63) is 82.2 Å². The van der Waals surface area contributed by atoms with Crippen LogP contribution in [0.5, 0.6) is 11.5 Å². The van der Waals surface area contributed by atoms with Gasteiger partial charge in [-0.15, -0.1) is 0 Å². The summed E-state index contributed by atoms with van der Waals surface area (Å²) in [7, 11) is 1.57. The van der Waals surface area contributed by atoms with E-state index in [0.717, 1.165) is 21.9 Å². The van der Waals surface area contributed by atoms with E-state index in [9.17, 15) is 4.79 Å². The first-order chi connectivity index (χ1) is 13.1. The first-order valence-corrected chi connectivity index (χ1v) is 8.84. The minimum absolute atomic E-state index is 0.112. The Bertz CT molecular complexity index is 1180. The third-order valence-electron chi connectivity index (χ3n) is 4.86. The predicted molar refractivity (Wildman–Crippen MR) is 107 cm³/mol. The minimum Gasteiger partial charge on any atom is -0.497 e. The van der Waals surface area contributed by atoms with E-state index >= 15 is 0 Å². The SMILES string of the molecule is COc1ccc2c(c1)c(=O)oc1c(C)c(OC(C)c3ccccc3)ccc12. The molecule has 0 bridgehead atoms. The van der Waals surface area contributed by atoms with Crippen molar-refractivity contribution in [3.63, 3.8) is 0 Å². The summed E-state index contributed by atoms with van der Waals surface area (Å²) in [6.45, 7) is 3.91. The fourth-order valence-corrected chi connectivity index (χ4v) is 3.33. The molecule has 0 aliphatic heterocycles. The van der Waals surface area contributed by atoms with Crippen LogP contribution in [0, 0.1) is 6.92 Å². The van der Waals surface area contributed by atoms with E-state index in [-0.39, 0.29) is 11.7 Å². The maximum atomic E-state index is 12.5. The number of ether oxygens (including phenoxy) is 2. The van der Waals surface area contributed by atoms with Crippen LogP contribution in [0.15, 0.2) is 69.9 Å². The third kappa shape index (κ3) is 3.04. The second kappa shape index (κ2) is 6.80. The lowest BCUT2D eigenvalue weighted by Gasteiger charge is -2.17. The molecule has 4 nitrogen and oxygen atoms in total. The summed E-state index contributed by atoms with van der Waals surface area (Å²) in [4.78, 5) is 12.5. The zero-order valence-electron chi connectivity index (χ0n) is 15.5. The molecule has 0 N–H and O–H groups in total. The molecular weight excluding hydrogens is 340 g/mol. The van der Waals surface area contributed by atoms with Gasteiger partial charge in [-0.3, -0.25) is 0 Å². The predicted octanol–water partition coefficient (Wildman–Crippen LogP) is 5.40. The fourth-order valence-electron chi connectivity index (χ4n) is 3.33. The van der Waals surface area contributed by atoms with Crippen LogP contribution in [0.1, 0.15) is 24.2 Å². The van der Waals surface area contributed by atoms with Crippen LogP contribution in [0.4, 0.5) is 0 Å². The molecule has 0 saturated heterocycles. The smallest absolute Gasteiger partial charge is 0.344 e. The van der Waals surface area contributed by atoms with E-state index in [1.165, 1.54) is 0 Å². The van der Waals surface area contributed by atoms with Crippen molar-refractivity contribution < 1.29 is 13.9 Å². The van der Waals surface area contributed by atoms with Gasteiger partial charge in [-0.25, -0.2) is 4.79 Å². The van der Waals surface area contributed by atoms with E-state index in [1.54, 1.807) is 13.2 Å². The number of hydrogen-bond donors (Lipinski definition) is 0. The molecule has 0 fully saturated rings. The zero-order chi connectivity index (χ0) is 19.0. The van der Waals surface area contributed by atoms with Gasteiger partial charge in [0.15, 0.2) is 0 Å². The van der Waals surface area contributed by atoms with Crippen LogP contribution in [-0.2, 0) is 0 Å². The van der Waals surface area contributed by atoms with Crippen molar-refractivity contribution in [3.8, 4) is 11.5 Å². The first kappa shape index (κ1) is 17.2. The number of aryl methyl sites for hydroxylation is 1. The molecule has 4 heteroatoms. The molecular formula is C23H20O4. The molecule has 0 aliphatic carbocycles. The van der Waals surface area contributed by atoms with Gasteiger partial charge >= 0.3 is 5.63 Å². The molecule has 4 rings (SSSR count). The number of methoxy groups -OCH3 is 1. The number of hydrogen-bond acceptors (Lipinski definition) is 4. The molecule has 3 aromatic carbocycles. The van der Waals surface area contributed by atoms with Crippen molar-refractivity contribution in [1.82, 2.24) is 0 Å². The lowest BCUT2D eigenvalue weighted by atomic mass is 10.0. The maximum Gasteiger partial charge on any atom is 0.344 e. The van der Waals surface area contributed by atoms with Crippen LogP contribution in [0.25, 0.3) is 21.7 Å². The zero-order valence-corrected chi connectivity index (χ0v) is 15.5. The Morgan fingerprint density at radius 3 is 2.41 bits per heavy atom. The molecule has 0 radical (unpaired) electrons. The molecule has 27 heavy (non-hydrogen) atoms. The molecule has 1 heterocycles. The van der Waals surface area contributed by atoms with Gasteiger partial charge in [-0.05, 0) is 49.7 Å². The van der Waals surface area contributed by atoms with Gasteiger partial charge in [-0.1, -0.05) is 30.3 Å². The van der Waals surface area contributed by atoms with Crippen molar-refractivity contribution in [2.75, 3.05) is 7.11 Å². The Morgan fingerprint density at radius 1 is 0.926 bits per heavy atom. The molecule has 136 valence electrons. The average molecular weight is 360 g/mol. The highest BCUT2D eigenvalue weighted by atomic mass is 16.5. The van der Waals surface area contributed by atoms with Gasteiger partial charge < -0.3 is 13.9 Å². The van der Waals surface area contributed by atoms with Crippen LogP contribution in [0.2, 0.25) is 0 Å². The van der Waals surface area contributed by atoms with Gasteiger partial charge in [0.05, 0.1) is 12.5 Å². The van der Waals surface area contributed by atoms with Crippen LogP contribution < -0.4 is 15.1 Å². The summed E-state index contributed by atoms with van der Waals surface area (Å²) < 4.78 is 17.0. The highest BCUT2D eigenvalue weighted by molar-refractivity contribution is 6.05. The largest absolute Gasteiger partial charge is 0.497 e.